The largest absolute Gasteiger partial charge is 0.497 e. The molecule has 1 aliphatic rings. The van der Waals surface area contributed by atoms with Gasteiger partial charge in [-0.2, -0.15) is 0 Å². The summed E-state index contributed by atoms with van der Waals surface area (Å²) in [5.74, 6) is 2.40. The third-order valence-corrected chi connectivity index (χ3v) is 4.55. The molecule has 0 N–H and O–H groups in total. The lowest BCUT2D eigenvalue weighted by Crippen LogP contribution is -2.03. The normalized spacial score (nSPS) is 14.5. The van der Waals surface area contributed by atoms with Crippen LogP contribution < -0.4 is 4.74 Å². The number of hydrogen-bond acceptors (Lipinski definition) is 5. The molecule has 0 fully saturated rings. The number of benzene rings is 1. The minimum atomic E-state index is 0.132. The van der Waals surface area contributed by atoms with Crippen molar-refractivity contribution < 1.29 is 9.53 Å². The van der Waals surface area contributed by atoms with Crippen LogP contribution in [0.5, 0.6) is 5.75 Å². The molecule has 0 spiro atoms. The van der Waals surface area contributed by atoms with E-state index in [1.807, 2.05) is 0 Å². The molecule has 90 valence electrons. The predicted molar refractivity (Wildman–Crippen MR) is 74.5 cm³/mol. The number of ether oxygens (including phenoxy) is 1. The van der Waals surface area contributed by atoms with Gasteiger partial charge in [0.05, 0.1) is 19.4 Å². The zero-order chi connectivity index (χ0) is 12.1. The van der Waals surface area contributed by atoms with Crippen molar-refractivity contribution >= 4 is 33.7 Å². The van der Waals surface area contributed by atoms with Gasteiger partial charge >= 0.3 is 0 Å². The Morgan fingerprint density at radius 3 is 2.82 bits per heavy atom. The molecule has 17 heavy (non-hydrogen) atoms. The highest BCUT2D eigenvalue weighted by Crippen LogP contribution is 2.23. The summed E-state index contributed by atoms with van der Waals surface area (Å²) in [5.41, 5.74) is 0.724. The molecule has 0 saturated carbocycles. The van der Waals surface area contributed by atoms with Gasteiger partial charge in [-0.25, -0.2) is 0 Å². The lowest BCUT2D eigenvalue weighted by molar-refractivity contribution is 0.102. The van der Waals surface area contributed by atoms with Gasteiger partial charge < -0.3 is 4.74 Å². The molecule has 0 unspecified atom stereocenters. The molecule has 2 rings (SSSR count). The molecule has 0 saturated heterocycles. The number of hydrogen-bond donors (Lipinski definition) is 0. The van der Waals surface area contributed by atoms with Crippen molar-refractivity contribution in [3.05, 3.63) is 29.8 Å². The van der Waals surface area contributed by atoms with Crippen LogP contribution in [0.1, 0.15) is 10.4 Å². The van der Waals surface area contributed by atoms with E-state index in [4.69, 9.17) is 4.74 Å². The number of Topliss-reactive ketones (excluding diaryl/α,β-unsaturated/α-hetero) is 1. The van der Waals surface area contributed by atoms with Crippen molar-refractivity contribution in [3.63, 3.8) is 0 Å². The molecule has 0 amide bonds. The average Bonchev–Trinajstić information content (AvgIpc) is 2.89. The molecule has 0 aromatic heterocycles. The Morgan fingerprint density at radius 2 is 2.24 bits per heavy atom. The Kier molecular flexibility index (Phi) is 4.50. The molecular weight excluding hydrogens is 254 g/mol. The van der Waals surface area contributed by atoms with Gasteiger partial charge in [0.25, 0.3) is 0 Å². The maximum Gasteiger partial charge on any atom is 0.173 e. The number of carbonyl (C=O) groups is 1. The standard InChI is InChI=1S/C12H13NO2S2/c1-15-10-4-2-9(3-5-10)11(14)8-17-12-13-6-7-16-12/h2-5H,6-8H2,1H3. The van der Waals surface area contributed by atoms with Gasteiger partial charge in [-0.1, -0.05) is 23.5 Å². The SMILES string of the molecule is COc1ccc(C(=O)CSC2=NCCS2)cc1. The molecule has 3 nitrogen and oxygen atoms in total. The van der Waals surface area contributed by atoms with Gasteiger partial charge in [0.2, 0.25) is 0 Å². The van der Waals surface area contributed by atoms with E-state index in [0.29, 0.717) is 5.75 Å². The number of aliphatic imine (C=N–C) groups is 1. The Morgan fingerprint density at radius 1 is 1.47 bits per heavy atom. The van der Waals surface area contributed by atoms with Crippen molar-refractivity contribution in [1.29, 1.82) is 0 Å². The molecule has 1 heterocycles. The zero-order valence-corrected chi connectivity index (χ0v) is 11.1. The summed E-state index contributed by atoms with van der Waals surface area (Å²) < 4.78 is 6.09. The van der Waals surface area contributed by atoms with Crippen molar-refractivity contribution in [2.24, 2.45) is 4.99 Å². The monoisotopic (exact) mass is 267 g/mol. The topological polar surface area (TPSA) is 38.7 Å². The van der Waals surface area contributed by atoms with Crippen molar-refractivity contribution in [1.82, 2.24) is 0 Å². The maximum atomic E-state index is 11.9. The van der Waals surface area contributed by atoms with E-state index in [1.165, 1.54) is 11.8 Å². The minimum absolute atomic E-state index is 0.132. The summed E-state index contributed by atoms with van der Waals surface area (Å²) in [6.07, 6.45) is 0. The van der Waals surface area contributed by atoms with E-state index in [-0.39, 0.29) is 5.78 Å². The van der Waals surface area contributed by atoms with E-state index < -0.39 is 0 Å². The fourth-order valence-corrected chi connectivity index (χ4v) is 3.29. The number of ketones is 1. The van der Waals surface area contributed by atoms with Crippen molar-refractivity contribution in [2.45, 2.75) is 0 Å². The summed E-state index contributed by atoms with van der Waals surface area (Å²) in [7, 11) is 1.61. The minimum Gasteiger partial charge on any atom is -0.497 e. The smallest absolute Gasteiger partial charge is 0.173 e. The Balaban J connectivity index is 1.90. The maximum absolute atomic E-state index is 11.9. The molecule has 0 aliphatic carbocycles. The van der Waals surface area contributed by atoms with Crippen LogP contribution >= 0.6 is 23.5 Å². The van der Waals surface area contributed by atoms with E-state index in [0.717, 1.165) is 28.0 Å². The predicted octanol–water partition coefficient (Wildman–Crippen LogP) is 2.71. The van der Waals surface area contributed by atoms with Crippen LogP contribution in [0.15, 0.2) is 29.3 Å². The molecule has 1 aromatic rings. The number of carbonyl (C=O) groups excluding carboxylic acids is 1. The van der Waals surface area contributed by atoms with E-state index in [1.54, 1.807) is 43.1 Å². The highest BCUT2D eigenvalue weighted by molar-refractivity contribution is 8.39. The molecular formula is C12H13NO2S2. The van der Waals surface area contributed by atoms with E-state index >= 15 is 0 Å². The average molecular weight is 267 g/mol. The van der Waals surface area contributed by atoms with Crippen LogP contribution in [-0.4, -0.2) is 35.3 Å². The fraction of sp³-hybridized carbons (Fsp3) is 0.333. The third kappa shape index (κ3) is 3.51. The van der Waals surface area contributed by atoms with Gasteiger partial charge in [0, 0.05) is 11.3 Å². The molecule has 1 aliphatic heterocycles. The Hall–Kier alpha value is -0.940. The Labute approximate surface area is 109 Å². The lowest BCUT2D eigenvalue weighted by atomic mass is 10.1. The van der Waals surface area contributed by atoms with Gasteiger partial charge in [-0.15, -0.1) is 0 Å². The van der Waals surface area contributed by atoms with Crippen LogP contribution in [0.4, 0.5) is 0 Å². The number of rotatable bonds is 4. The van der Waals surface area contributed by atoms with Crippen molar-refractivity contribution in [3.8, 4) is 5.75 Å². The highest BCUT2D eigenvalue weighted by atomic mass is 32.2. The molecule has 0 bridgehead atoms. The first-order valence-corrected chi connectivity index (χ1v) is 7.24. The first kappa shape index (κ1) is 12.5. The quantitative estimate of drug-likeness (QED) is 0.786. The fourth-order valence-electron chi connectivity index (χ4n) is 1.39. The first-order valence-electron chi connectivity index (χ1n) is 5.27. The van der Waals surface area contributed by atoms with E-state index in [9.17, 15) is 4.79 Å². The van der Waals surface area contributed by atoms with Crippen LogP contribution in [-0.2, 0) is 0 Å². The van der Waals surface area contributed by atoms with Gasteiger partial charge in [-0.05, 0) is 24.3 Å². The van der Waals surface area contributed by atoms with Crippen LogP contribution in [0.3, 0.4) is 0 Å². The van der Waals surface area contributed by atoms with E-state index in [2.05, 4.69) is 4.99 Å². The van der Waals surface area contributed by atoms with Gasteiger partial charge in [0.15, 0.2) is 5.78 Å². The molecule has 5 heteroatoms. The lowest BCUT2D eigenvalue weighted by Gasteiger charge is -2.02. The van der Waals surface area contributed by atoms with Crippen LogP contribution in [0, 0.1) is 0 Å². The zero-order valence-electron chi connectivity index (χ0n) is 9.51. The molecule has 1 aromatic carbocycles. The van der Waals surface area contributed by atoms with Crippen molar-refractivity contribution in [2.75, 3.05) is 25.2 Å². The van der Waals surface area contributed by atoms with Gasteiger partial charge in [0.1, 0.15) is 10.1 Å². The molecule has 0 atom stereocenters. The summed E-state index contributed by atoms with van der Waals surface area (Å²) in [5, 5.41) is 0. The summed E-state index contributed by atoms with van der Waals surface area (Å²) in [4.78, 5) is 16.2. The highest BCUT2D eigenvalue weighted by Gasteiger charge is 2.11. The number of nitrogens with zero attached hydrogens (tertiary/aromatic N) is 1. The summed E-state index contributed by atoms with van der Waals surface area (Å²) >= 11 is 3.26. The summed E-state index contributed by atoms with van der Waals surface area (Å²) in [6, 6.07) is 7.20. The number of methoxy groups -OCH3 is 1. The summed E-state index contributed by atoms with van der Waals surface area (Å²) in [6.45, 7) is 0.879. The second kappa shape index (κ2) is 6.12. The number of thioether (sulfide) groups is 2. The second-order valence-corrected chi connectivity index (χ2v) is 5.74. The Bertz CT molecular complexity index is 429. The first-order chi connectivity index (χ1) is 8.29. The van der Waals surface area contributed by atoms with Crippen LogP contribution in [0.2, 0.25) is 0 Å². The second-order valence-electron chi connectivity index (χ2n) is 3.44. The molecule has 0 radical (unpaired) electrons. The third-order valence-electron chi connectivity index (χ3n) is 2.30. The van der Waals surface area contributed by atoms with Gasteiger partial charge in [-0.3, -0.25) is 9.79 Å². The van der Waals surface area contributed by atoms with Crippen LogP contribution in [0.25, 0.3) is 0 Å².